The van der Waals surface area contributed by atoms with Crippen molar-refractivity contribution in [2.75, 3.05) is 4.90 Å². The Kier molecular flexibility index (Phi) is 7.18. The molecule has 2 heteroatoms. The van der Waals surface area contributed by atoms with Gasteiger partial charge in [0, 0.05) is 27.8 Å². The van der Waals surface area contributed by atoms with E-state index in [1.165, 1.54) is 49.5 Å². The molecule has 0 aliphatic heterocycles. The van der Waals surface area contributed by atoms with Crippen LogP contribution in [0.25, 0.3) is 76.9 Å². The summed E-state index contributed by atoms with van der Waals surface area (Å²) in [6, 6.07) is 71.9. The molecule has 0 aliphatic rings. The summed E-state index contributed by atoms with van der Waals surface area (Å²) in [5.74, 6) is 0. The van der Waals surface area contributed by atoms with Crippen molar-refractivity contribution in [3.05, 3.63) is 200 Å². The van der Waals surface area contributed by atoms with Gasteiger partial charge < -0.3 is 9.32 Å². The Labute approximate surface area is 302 Å². The summed E-state index contributed by atoms with van der Waals surface area (Å²) in [6.45, 7) is 0. The topological polar surface area (TPSA) is 16.4 Å². The highest BCUT2D eigenvalue weighted by molar-refractivity contribution is 6.17. The fourth-order valence-electron chi connectivity index (χ4n) is 7.62. The van der Waals surface area contributed by atoms with Crippen LogP contribution in [0.5, 0.6) is 0 Å². The third-order valence-corrected chi connectivity index (χ3v) is 10.2. The molecule has 0 N–H and O–H groups in total. The monoisotopic (exact) mass is 663 g/mol. The second-order valence-electron chi connectivity index (χ2n) is 13.4. The first kappa shape index (κ1) is 30.0. The van der Waals surface area contributed by atoms with Gasteiger partial charge in [0.05, 0.1) is 0 Å². The molecule has 2 nitrogen and oxygen atoms in total. The van der Waals surface area contributed by atoms with E-state index in [9.17, 15) is 0 Å². The van der Waals surface area contributed by atoms with E-state index in [-0.39, 0.29) is 0 Å². The van der Waals surface area contributed by atoms with Crippen LogP contribution in [0.3, 0.4) is 0 Å². The zero-order valence-corrected chi connectivity index (χ0v) is 28.4. The van der Waals surface area contributed by atoms with E-state index in [1.54, 1.807) is 0 Å². The minimum absolute atomic E-state index is 0.912. The summed E-state index contributed by atoms with van der Waals surface area (Å²) in [7, 11) is 0. The molecule has 1 aromatic heterocycles. The Morgan fingerprint density at radius 1 is 0.269 bits per heavy atom. The number of rotatable bonds is 6. The normalized spacial score (nSPS) is 11.5. The Morgan fingerprint density at radius 2 is 0.788 bits per heavy atom. The lowest BCUT2D eigenvalue weighted by atomic mass is 9.96. The van der Waals surface area contributed by atoms with Crippen molar-refractivity contribution in [3.8, 4) is 33.4 Å². The average molecular weight is 664 g/mol. The van der Waals surface area contributed by atoms with Gasteiger partial charge >= 0.3 is 0 Å². The number of nitrogens with zero attached hydrogens (tertiary/aromatic N) is 1. The fraction of sp³-hybridized carbons (Fsp3) is 0. The summed E-state index contributed by atoms with van der Waals surface area (Å²) in [6.07, 6.45) is 0. The Bertz CT molecular complexity index is 2820. The predicted octanol–water partition coefficient (Wildman–Crippen LogP) is 14.4. The molecule has 10 rings (SSSR count). The number of anilines is 3. The molecule has 52 heavy (non-hydrogen) atoms. The molecule has 10 aromatic rings. The second kappa shape index (κ2) is 12.5. The van der Waals surface area contributed by atoms with Gasteiger partial charge in [0.1, 0.15) is 11.2 Å². The fourth-order valence-corrected chi connectivity index (χ4v) is 7.62. The molecular weight excluding hydrogens is 631 g/mol. The zero-order chi connectivity index (χ0) is 34.4. The summed E-state index contributed by atoms with van der Waals surface area (Å²) < 4.78 is 6.28. The number of hydrogen-bond acceptors (Lipinski definition) is 2. The molecule has 0 fully saturated rings. The van der Waals surface area contributed by atoms with Crippen molar-refractivity contribution in [1.29, 1.82) is 0 Å². The largest absolute Gasteiger partial charge is 0.456 e. The standard InChI is InChI=1S/C50H33NO/c1-4-12-34(13-5-1)37-22-25-42(26-23-37)51(44-29-40(35-14-6-2-7-15-35)28-41(30-44)36-16-8-3-9-17-36)43-27-24-38-20-21-39-31-50-48(33-47(39)46(38)32-43)45-18-10-11-19-49(45)52-50/h1-33H. The molecule has 0 atom stereocenters. The van der Waals surface area contributed by atoms with E-state index in [4.69, 9.17) is 4.42 Å². The number of furan rings is 1. The van der Waals surface area contributed by atoms with Crippen molar-refractivity contribution in [2.45, 2.75) is 0 Å². The molecule has 0 saturated heterocycles. The molecular formula is C50H33NO. The second-order valence-corrected chi connectivity index (χ2v) is 13.4. The highest BCUT2D eigenvalue weighted by Crippen LogP contribution is 2.42. The molecule has 244 valence electrons. The Morgan fingerprint density at radius 3 is 1.46 bits per heavy atom. The minimum Gasteiger partial charge on any atom is -0.456 e. The molecule has 0 radical (unpaired) electrons. The molecule has 0 aliphatic carbocycles. The van der Waals surface area contributed by atoms with Gasteiger partial charge in [-0.3, -0.25) is 0 Å². The zero-order valence-electron chi connectivity index (χ0n) is 28.4. The lowest BCUT2D eigenvalue weighted by molar-refractivity contribution is 0.669. The lowest BCUT2D eigenvalue weighted by Gasteiger charge is -2.27. The van der Waals surface area contributed by atoms with Crippen LogP contribution in [0.1, 0.15) is 0 Å². The average Bonchev–Trinajstić information content (AvgIpc) is 3.59. The van der Waals surface area contributed by atoms with Gasteiger partial charge in [0.15, 0.2) is 0 Å². The molecule has 0 unspecified atom stereocenters. The summed E-state index contributed by atoms with van der Waals surface area (Å²) in [5, 5.41) is 7.05. The Hall–Kier alpha value is -6.90. The molecule has 1 heterocycles. The van der Waals surface area contributed by atoms with Crippen LogP contribution < -0.4 is 4.90 Å². The summed E-state index contributed by atoms with van der Waals surface area (Å²) in [4.78, 5) is 2.40. The third-order valence-electron chi connectivity index (χ3n) is 10.2. The van der Waals surface area contributed by atoms with Gasteiger partial charge in [-0.2, -0.15) is 0 Å². The third kappa shape index (κ3) is 5.30. The smallest absolute Gasteiger partial charge is 0.136 e. The van der Waals surface area contributed by atoms with Gasteiger partial charge in [0.25, 0.3) is 0 Å². The number of hydrogen-bond donors (Lipinski definition) is 0. The van der Waals surface area contributed by atoms with E-state index in [0.29, 0.717) is 0 Å². The van der Waals surface area contributed by atoms with Crippen LogP contribution in [0.15, 0.2) is 205 Å². The maximum atomic E-state index is 6.28. The van der Waals surface area contributed by atoms with E-state index < -0.39 is 0 Å². The van der Waals surface area contributed by atoms with Crippen molar-refractivity contribution >= 4 is 60.5 Å². The predicted molar refractivity (Wildman–Crippen MR) is 220 cm³/mol. The van der Waals surface area contributed by atoms with Crippen LogP contribution in [0.4, 0.5) is 17.1 Å². The summed E-state index contributed by atoms with van der Waals surface area (Å²) >= 11 is 0. The maximum Gasteiger partial charge on any atom is 0.136 e. The van der Waals surface area contributed by atoms with E-state index >= 15 is 0 Å². The highest BCUT2D eigenvalue weighted by Gasteiger charge is 2.18. The van der Waals surface area contributed by atoms with E-state index in [0.717, 1.165) is 44.4 Å². The van der Waals surface area contributed by atoms with Crippen LogP contribution in [-0.2, 0) is 0 Å². The lowest BCUT2D eigenvalue weighted by Crippen LogP contribution is -2.10. The first-order valence-electron chi connectivity index (χ1n) is 17.7. The highest BCUT2D eigenvalue weighted by atomic mass is 16.3. The minimum atomic E-state index is 0.912. The van der Waals surface area contributed by atoms with Gasteiger partial charge in [-0.1, -0.05) is 140 Å². The van der Waals surface area contributed by atoms with Crippen molar-refractivity contribution in [1.82, 2.24) is 0 Å². The number of benzene rings is 9. The van der Waals surface area contributed by atoms with Crippen LogP contribution >= 0.6 is 0 Å². The van der Waals surface area contributed by atoms with Crippen LogP contribution in [0, 0.1) is 0 Å². The Balaban J connectivity index is 1.21. The van der Waals surface area contributed by atoms with E-state index in [2.05, 4.69) is 193 Å². The van der Waals surface area contributed by atoms with Crippen LogP contribution in [-0.4, -0.2) is 0 Å². The van der Waals surface area contributed by atoms with Crippen molar-refractivity contribution < 1.29 is 4.42 Å². The number of para-hydroxylation sites is 1. The SMILES string of the molecule is c1ccc(-c2ccc(N(c3cc(-c4ccccc4)cc(-c4ccccc4)c3)c3ccc4ccc5cc6oc7ccccc7c6cc5c4c3)cc2)cc1. The van der Waals surface area contributed by atoms with Crippen LogP contribution in [0.2, 0.25) is 0 Å². The maximum absolute atomic E-state index is 6.28. The first-order valence-corrected chi connectivity index (χ1v) is 17.7. The first-order chi connectivity index (χ1) is 25.7. The molecule has 0 spiro atoms. The van der Waals surface area contributed by atoms with Gasteiger partial charge in [0.2, 0.25) is 0 Å². The quantitative estimate of drug-likeness (QED) is 0.165. The van der Waals surface area contributed by atoms with Crippen molar-refractivity contribution in [2.24, 2.45) is 0 Å². The summed E-state index contributed by atoms with van der Waals surface area (Å²) in [5.41, 5.74) is 12.2. The van der Waals surface area contributed by atoms with E-state index in [1.807, 2.05) is 12.1 Å². The van der Waals surface area contributed by atoms with Gasteiger partial charge in [-0.05, 0) is 116 Å². The van der Waals surface area contributed by atoms with Crippen molar-refractivity contribution in [3.63, 3.8) is 0 Å². The molecule has 9 aromatic carbocycles. The number of fused-ring (bicyclic) bond motifs is 6. The molecule has 0 amide bonds. The molecule has 0 bridgehead atoms. The van der Waals surface area contributed by atoms with Gasteiger partial charge in [-0.25, -0.2) is 0 Å². The molecule has 0 saturated carbocycles. The van der Waals surface area contributed by atoms with Gasteiger partial charge in [-0.15, -0.1) is 0 Å².